The number of hydrogen-bond acceptors (Lipinski definition) is 7. The van der Waals surface area contributed by atoms with E-state index in [0.717, 1.165) is 18.0 Å². The summed E-state index contributed by atoms with van der Waals surface area (Å²) in [6.45, 7) is 3.09. The molecule has 0 spiro atoms. The average Bonchev–Trinajstić information content (AvgIpc) is 2.33. The summed E-state index contributed by atoms with van der Waals surface area (Å²) in [5.41, 5.74) is 0. The lowest BCUT2D eigenvalue weighted by atomic mass is 10.5. The molecule has 3 N–H and O–H groups in total. The van der Waals surface area contributed by atoms with Gasteiger partial charge in [0.05, 0.1) is 6.54 Å². The second-order valence-corrected chi connectivity index (χ2v) is 3.29. The van der Waals surface area contributed by atoms with E-state index < -0.39 is 0 Å². The van der Waals surface area contributed by atoms with Crippen LogP contribution in [0.4, 0.5) is 17.8 Å². The van der Waals surface area contributed by atoms with Crippen molar-refractivity contribution in [3.05, 3.63) is 0 Å². The maximum atomic E-state index is 9.31. The summed E-state index contributed by atoms with van der Waals surface area (Å²) in [5.74, 6) is 3.30. The van der Waals surface area contributed by atoms with Crippen molar-refractivity contribution in [2.45, 2.75) is 13.3 Å². The van der Waals surface area contributed by atoms with Crippen LogP contribution in [0.3, 0.4) is 0 Å². The predicted octanol–water partition coefficient (Wildman–Crippen LogP) is 0.564. The molecule has 1 aromatic rings. The van der Waals surface area contributed by atoms with Crippen LogP contribution in [0.5, 0.6) is 0 Å². The number of aromatic nitrogens is 3. The third-order valence-electron chi connectivity index (χ3n) is 1.79. The third kappa shape index (κ3) is 4.12. The molecule has 0 aromatic carbocycles. The first-order valence-corrected chi connectivity index (χ1v) is 5.27. The first-order chi connectivity index (χ1) is 8.17. The summed E-state index contributed by atoms with van der Waals surface area (Å²) < 4.78 is 0. The molecule has 7 heteroatoms. The molecular weight excluding hydrogens is 220 g/mol. The Morgan fingerprint density at radius 1 is 1.29 bits per heavy atom. The molecule has 0 saturated carbocycles. The van der Waals surface area contributed by atoms with Crippen LogP contribution < -0.4 is 15.7 Å². The zero-order valence-corrected chi connectivity index (χ0v) is 9.93. The molecule has 0 aliphatic carbocycles. The van der Waals surface area contributed by atoms with Crippen LogP contribution >= 0.6 is 0 Å². The Hall–Kier alpha value is -2.07. The minimum Gasteiger partial charge on any atom is -0.354 e. The molecule has 0 aliphatic heterocycles. The standard InChI is InChI=1S/C10H16N6O/c1-4-6-11-8-13-9(12-7-5-2)15-10(14-8)16(3)17/h1,17H,5-7H2,2-3H3,(H2,11,12,13,14,15). The Balaban J connectivity index is 2.89. The Morgan fingerprint density at radius 3 is 2.47 bits per heavy atom. The van der Waals surface area contributed by atoms with E-state index in [2.05, 4.69) is 31.5 Å². The molecule has 0 fully saturated rings. The maximum Gasteiger partial charge on any atom is 0.255 e. The van der Waals surface area contributed by atoms with Gasteiger partial charge in [0, 0.05) is 13.6 Å². The summed E-state index contributed by atoms with van der Waals surface area (Å²) in [5, 5.41) is 16.0. The molecular formula is C10H16N6O. The van der Waals surface area contributed by atoms with E-state index in [9.17, 15) is 5.21 Å². The number of rotatable bonds is 6. The van der Waals surface area contributed by atoms with Crippen molar-refractivity contribution in [1.82, 2.24) is 15.0 Å². The quantitative estimate of drug-likeness (QED) is 0.491. The first-order valence-electron chi connectivity index (χ1n) is 5.27. The van der Waals surface area contributed by atoms with Crippen LogP contribution in [-0.2, 0) is 0 Å². The van der Waals surface area contributed by atoms with Crippen LogP contribution in [0.15, 0.2) is 0 Å². The van der Waals surface area contributed by atoms with Crippen molar-refractivity contribution in [1.29, 1.82) is 0 Å². The smallest absolute Gasteiger partial charge is 0.255 e. The third-order valence-corrected chi connectivity index (χ3v) is 1.79. The fourth-order valence-electron chi connectivity index (χ4n) is 1.03. The van der Waals surface area contributed by atoms with Gasteiger partial charge < -0.3 is 10.6 Å². The molecule has 0 atom stereocenters. The fourth-order valence-corrected chi connectivity index (χ4v) is 1.03. The second kappa shape index (κ2) is 6.50. The van der Waals surface area contributed by atoms with Gasteiger partial charge in [0.15, 0.2) is 0 Å². The predicted molar refractivity (Wildman–Crippen MR) is 66.1 cm³/mol. The molecule has 1 aromatic heterocycles. The fraction of sp³-hybridized carbons (Fsp3) is 0.500. The van der Waals surface area contributed by atoms with Crippen molar-refractivity contribution in [2.24, 2.45) is 0 Å². The molecule has 92 valence electrons. The lowest BCUT2D eigenvalue weighted by Crippen LogP contribution is -2.18. The van der Waals surface area contributed by atoms with Gasteiger partial charge in [-0.2, -0.15) is 15.0 Å². The van der Waals surface area contributed by atoms with Gasteiger partial charge in [-0.05, 0) is 6.42 Å². The summed E-state index contributed by atoms with van der Waals surface area (Å²) in [6, 6.07) is 0. The lowest BCUT2D eigenvalue weighted by molar-refractivity contribution is 0.272. The average molecular weight is 236 g/mol. The van der Waals surface area contributed by atoms with E-state index in [4.69, 9.17) is 6.42 Å². The molecule has 0 saturated heterocycles. The normalized spacial score (nSPS) is 9.53. The highest BCUT2D eigenvalue weighted by atomic mass is 16.5. The highest BCUT2D eigenvalue weighted by molar-refractivity contribution is 5.42. The summed E-state index contributed by atoms with van der Waals surface area (Å²) in [7, 11) is 1.43. The van der Waals surface area contributed by atoms with Gasteiger partial charge in [-0.25, -0.2) is 5.06 Å². The zero-order chi connectivity index (χ0) is 12.7. The van der Waals surface area contributed by atoms with E-state index in [0.29, 0.717) is 18.4 Å². The van der Waals surface area contributed by atoms with Crippen molar-refractivity contribution in [3.8, 4) is 12.3 Å². The van der Waals surface area contributed by atoms with E-state index in [1.165, 1.54) is 7.05 Å². The largest absolute Gasteiger partial charge is 0.354 e. The molecule has 1 heterocycles. The maximum absolute atomic E-state index is 9.31. The first kappa shape index (κ1) is 13.0. The van der Waals surface area contributed by atoms with Gasteiger partial charge in [-0.3, -0.25) is 5.21 Å². The Labute approximate surface area is 100 Å². The highest BCUT2D eigenvalue weighted by Gasteiger charge is 2.07. The van der Waals surface area contributed by atoms with Gasteiger partial charge in [0.2, 0.25) is 11.9 Å². The molecule has 0 aliphatic rings. The van der Waals surface area contributed by atoms with Gasteiger partial charge in [0.1, 0.15) is 0 Å². The lowest BCUT2D eigenvalue weighted by Gasteiger charge is -2.11. The minimum atomic E-state index is 0.151. The Bertz CT molecular complexity index is 400. The Morgan fingerprint density at radius 2 is 1.94 bits per heavy atom. The highest BCUT2D eigenvalue weighted by Crippen LogP contribution is 2.10. The Kier molecular flexibility index (Phi) is 4.97. The molecule has 7 nitrogen and oxygen atoms in total. The van der Waals surface area contributed by atoms with Gasteiger partial charge in [-0.15, -0.1) is 6.42 Å². The van der Waals surface area contributed by atoms with Crippen LogP contribution in [0, 0.1) is 12.3 Å². The van der Waals surface area contributed by atoms with Crippen molar-refractivity contribution in [3.63, 3.8) is 0 Å². The molecule has 0 bridgehead atoms. The van der Waals surface area contributed by atoms with Crippen molar-refractivity contribution >= 4 is 17.8 Å². The van der Waals surface area contributed by atoms with Crippen molar-refractivity contribution < 1.29 is 5.21 Å². The van der Waals surface area contributed by atoms with E-state index in [1.54, 1.807) is 0 Å². The van der Waals surface area contributed by atoms with E-state index in [1.807, 2.05) is 6.92 Å². The van der Waals surface area contributed by atoms with Crippen LogP contribution in [0.1, 0.15) is 13.3 Å². The summed E-state index contributed by atoms with van der Waals surface area (Å²) in [4.78, 5) is 12.1. The topological polar surface area (TPSA) is 86.2 Å². The van der Waals surface area contributed by atoms with Gasteiger partial charge >= 0.3 is 0 Å². The van der Waals surface area contributed by atoms with Gasteiger partial charge in [0.25, 0.3) is 5.95 Å². The molecule has 0 unspecified atom stereocenters. The van der Waals surface area contributed by atoms with E-state index >= 15 is 0 Å². The number of terminal acetylenes is 1. The number of hydroxylamine groups is 1. The molecule has 1 rings (SSSR count). The van der Waals surface area contributed by atoms with Crippen LogP contribution in [0.25, 0.3) is 0 Å². The van der Waals surface area contributed by atoms with Crippen LogP contribution in [0.2, 0.25) is 0 Å². The minimum absolute atomic E-state index is 0.151. The molecule has 0 amide bonds. The SMILES string of the molecule is C#CCNc1nc(NCCC)nc(N(C)O)n1. The molecule has 0 radical (unpaired) electrons. The van der Waals surface area contributed by atoms with Crippen LogP contribution in [-0.4, -0.2) is 40.3 Å². The van der Waals surface area contributed by atoms with E-state index in [-0.39, 0.29) is 5.95 Å². The number of nitrogens with one attached hydrogen (secondary N) is 2. The number of nitrogens with zero attached hydrogens (tertiary/aromatic N) is 4. The van der Waals surface area contributed by atoms with Gasteiger partial charge in [-0.1, -0.05) is 12.8 Å². The monoisotopic (exact) mass is 236 g/mol. The number of hydrogen-bond donors (Lipinski definition) is 3. The number of anilines is 3. The summed E-state index contributed by atoms with van der Waals surface area (Å²) in [6.07, 6.45) is 6.08. The van der Waals surface area contributed by atoms with Crippen molar-refractivity contribution in [2.75, 3.05) is 35.8 Å². The second-order valence-electron chi connectivity index (χ2n) is 3.29. The zero-order valence-electron chi connectivity index (χ0n) is 9.93. The molecule has 17 heavy (non-hydrogen) atoms. The summed E-state index contributed by atoms with van der Waals surface area (Å²) >= 11 is 0.